The van der Waals surface area contributed by atoms with E-state index < -0.39 is 10.9 Å². The Labute approximate surface area is 205 Å². The molecule has 0 saturated heterocycles. The summed E-state index contributed by atoms with van der Waals surface area (Å²) in [6.45, 7) is 6.81. The maximum Gasteiger partial charge on any atom is 0.407 e. The molecule has 0 saturated carbocycles. The van der Waals surface area contributed by atoms with Crippen LogP contribution in [-0.4, -0.2) is 16.8 Å². The highest BCUT2D eigenvalue weighted by Gasteiger charge is 2.60. The van der Waals surface area contributed by atoms with E-state index in [1.807, 2.05) is 6.07 Å². The van der Waals surface area contributed by atoms with Crippen molar-refractivity contribution < 1.29 is 18.0 Å². The first kappa shape index (κ1) is 25.5. The molecule has 1 amide bonds. The molecule has 0 aliphatic carbocycles. The standard InChI is InChI=1S/C25H22Cl2F3NOS/c1-4-23(32)31-21-7-5-6-17(13-21)18-8-9-22-19(12-18)14-24(33-22,25(28,29)30)20(10-15(2)26)11-16(3)27/h5-13H,2,4,14H2,1,3H3,(H,31,32)/b16-11+,20-10+. The van der Waals surface area contributed by atoms with Crippen molar-refractivity contribution in [2.75, 3.05) is 5.32 Å². The molecule has 0 bridgehead atoms. The maximum atomic E-state index is 14.5. The Kier molecular flexibility index (Phi) is 7.72. The fourth-order valence-corrected chi connectivity index (χ4v) is 5.24. The van der Waals surface area contributed by atoms with Crippen LogP contribution in [0.4, 0.5) is 18.9 Å². The van der Waals surface area contributed by atoms with Gasteiger partial charge >= 0.3 is 6.18 Å². The normalized spacial score (nSPS) is 18.8. The topological polar surface area (TPSA) is 29.1 Å². The zero-order valence-corrected chi connectivity index (χ0v) is 20.4. The van der Waals surface area contributed by atoms with Crippen LogP contribution in [-0.2, 0) is 11.2 Å². The van der Waals surface area contributed by atoms with Gasteiger partial charge < -0.3 is 5.32 Å². The zero-order chi connectivity index (χ0) is 24.4. The van der Waals surface area contributed by atoms with E-state index in [4.69, 9.17) is 23.2 Å². The minimum atomic E-state index is -4.57. The Balaban J connectivity index is 2.04. The number of carbonyl (C=O) groups is 1. The number of anilines is 1. The average molecular weight is 512 g/mol. The quantitative estimate of drug-likeness (QED) is 0.394. The van der Waals surface area contributed by atoms with Crippen molar-refractivity contribution in [1.29, 1.82) is 0 Å². The largest absolute Gasteiger partial charge is 0.407 e. The third kappa shape index (κ3) is 5.68. The molecular weight excluding hydrogens is 490 g/mol. The second kappa shape index (κ2) is 10.00. The highest BCUT2D eigenvalue weighted by atomic mass is 35.5. The first-order valence-electron chi connectivity index (χ1n) is 10.1. The van der Waals surface area contributed by atoms with E-state index in [9.17, 15) is 18.0 Å². The van der Waals surface area contributed by atoms with Gasteiger partial charge in [-0.2, -0.15) is 13.2 Å². The van der Waals surface area contributed by atoms with Crippen molar-refractivity contribution in [1.82, 2.24) is 0 Å². The van der Waals surface area contributed by atoms with Crippen molar-refractivity contribution in [3.63, 3.8) is 0 Å². The fraction of sp³-hybridized carbons (Fsp3) is 0.240. The van der Waals surface area contributed by atoms with Crippen molar-refractivity contribution in [2.24, 2.45) is 0 Å². The minimum Gasteiger partial charge on any atom is -0.326 e. The van der Waals surface area contributed by atoms with E-state index in [1.165, 1.54) is 19.1 Å². The molecule has 1 unspecified atom stereocenters. The highest BCUT2D eigenvalue weighted by molar-refractivity contribution is 8.01. The molecule has 2 aromatic rings. The third-order valence-corrected chi connectivity index (χ3v) is 6.97. The number of allylic oxidation sites excluding steroid dienone is 4. The van der Waals surface area contributed by atoms with Gasteiger partial charge in [-0.1, -0.05) is 54.9 Å². The molecule has 1 heterocycles. The summed E-state index contributed by atoms with van der Waals surface area (Å²) in [6, 6.07) is 12.5. The van der Waals surface area contributed by atoms with Crippen molar-refractivity contribution in [3.05, 3.63) is 82.4 Å². The Morgan fingerprint density at radius 2 is 1.88 bits per heavy atom. The Morgan fingerprint density at radius 1 is 1.18 bits per heavy atom. The molecule has 2 aromatic carbocycles. The summed E-state index contributed by atoms with van der Waals surface area (Å²) in [6.07, 6.45) is -1.97. The molecule has 1 aliphatic rings. The molecule has 2 nitrogen and oxygen atoms in total. The average Bonchev–Trinajstić information content (AvgIpc) is 3.13. The van der Waals surface area contributed by atoms with Crippen LogP contribution in [0.3, 0.4) is 0 Å². The van der Waals surface area contributed by atoms with Crippen LogP contribution in [0.2, 0.25) is 0 Å². The van der Waals surface area contributed by atoms with Gasteiger partial charge in [-0.05, 0) is 65.6 Å². The molecule has 0 fully saturated rings. The monoisotopic (exact) mass is 511 g/mol. The Bertz CT molecular complexity index is 1150. The van der Waals surface area contributed by atoms with Gasteiger partial charge in [0, 0.05) is 33.5 Å². The van der Waals surface area contributed by atoms with E-state index in [-0.39, 0.29) is 28.0 Å². The van der Waals surface area contributed by atoms with E-state index in [2.05, 4.69) is 11.9 Å². The van der Waals surface area contributed by atoms with Gasteiger partial charge in [-0.25, -0.2) is 0 Å². The molecule has 0 spiro atoms. The molecule has 3 rings (SSSR count). The lowest BCUT2D eigenvalue weighted by Gasteiger charge is -2.32. The second-order valence-corrected chi connectivity index (χ2v) is 10.1. The number of nitrogens with one attached hydrogen (secondary N) is 1. The molecule has 8 heteroatoms. The molecule has 0 radical (unpaired) electrons. The van der Waals surface area contributed by atoms with Crippen LogP contribution in [0.15, 0.2) is 81.7 Å². The number of halogens is 5. The van der Waals surface area contributed by atoms with Crippen LogP contribution < -0.4 is 5.32 Å². The number of carbonyl (C=O) groups excluding carboxylic acids is 1. The maximum absolute atomic E-state index is 14.5. The predicted molar refractivity (Wildman–Crippen MR) is 132 cm³/mol. The molecular formula is C25H22Cl2F3NOS. The smallest absolute Gasteiger partial charge is 0.326 e. The number of alkyl halides is 3. The number of hydrogen-bond donors (Lipinski definition) is 1. The summed E-state index contributed by atoms with van der Waals surface area (Å²) < 4.78 is 41.3. The summed E-state index contributed by atoms with van der Waals surface area (Å²) in [7, 11) is 0. The van der Waals surface area contributed by atoms with Gasteiger partial charge in [0.15, 0.2) is 0 Å². The lowest BCUT2D eigenvalue weighted by molar-refractivity contribution is -0.148. The van der Waals surface area contributed by atoms with Crippen LogP contribution in [0.25, 0.3) is 11.1 Å². The van der Waals surface area contributed by atoms with E-state index in [0.717, 1.165) is 22.9 Å². The summed E-state index contributed by atoms with van der Waals surface area (Å²) in [5.74, 6) is -0.115. The van der Waals surface area contributed by atoms with Gasteiger partial charge in [0.1, 0.15) is 4.75 Å². The molecule has 1 atom stereocenters. The lowest BCUT2D eigenvalue weighted by Crippen LogP contribution is -2.43. The third-order valence-electron chi connectivity index (χ3n) is 5.18. The number of rotatable bonds is 6. The predicted octanol–water partition coefficient (Wildman–Crippen LogP) is 8.47. The Hall–Kier alpha value is -2.15. The molecule has 1 aliphatic heterocycles. The van der Waals surface area contributed by atoms with Crippen LogP contribution in [0.5, 0.6) is 0 Å². The van der Waals surface area contributed by atoms with Crippen molar-refractivity contribution >= 4 is 46.6 Å². The van der Waals surface area contributed by atoms with Crippen LogP contribution in [0.1, 0.15) is 25.8 Å². The highest BCUT2D eigenvalue weighted by Crippen LogP contribution is 2.58. The number of benzene rings is 2. The first-order chi connectivity index (χ1) is 15.4. The van der Waals surface area contributed by atoms with Crippen molar-refractivity contribution in [3.8, 4) is 11.1 Å². The van der Waals surface area contributed by atoms with Gasteiger partial charge in [0.05, 0.1) is 0 Å². The van der Waals surface area contributed by atoms with E-state index >= 15 is 0 Å². The number of thioether (sulfide) groups is 1. The molecule has 0 aromatic heterocycles. The minimum absolute atomic E-state index is 0.00835. The Morgan fingerprint density at radius 3 is 2.48 bits per heavy atom. The van der Waals surface area contributed by atoms with Gasteiger partial charge in [-0.15, -0.1) is 11.8 Å². The molecule has 174 valence electrons. The summed E-state index contributed by atoms with van der Waals surface area (Å²) >= 11 is 12.6. The summed E-state index contributed by atoms with van der Waals surface area (Å²) in [5, 5.41) is 3.00. The number of hydrogen-bond acceptors (Lipinski definition) is 2. The zero-order valence-electron chi connectivity index (χ0n) is 18.0. The van der Waals surface area contributed by atoms with Gasteiger partial charge in [0.2, 0.25) is 5.91 Å². The van der Waals surface area contributed by atoms with Crippen LogP contribution in [0, 0.1) is 0 Å². The van der Waals surface area contributed by atoms with Crippen molar-refractivity contribution in [2.45, 2.75) is 42.5 Å². The SMILES string of the molecule is C=C(Cl)/C=C(\C=C(/C)Cl)C1(C(F)(F)F)Cc2cc(-c3cccc(NC(=O)CC)c3)ccc2S1. The molecule has 1 N–H and O–H groups in total. The van der Waals surface area contributed by atoms with Gasteiger partial charge in [0.25, 0.3) is 0 Å². The van der Waals surface area contributed by atoms with Crippen LogP contribution >= 0.6 is 35.0 Å². The van der Waals surface area contributed by atoms with Gasteiger partial charge in [-0.3, -0.25) is 4.79 Å². The summed E-state index contributed by atoms with van der Waals surface area (Å²) in [5.41, 5.74) is 2.71. The number of amides is 1. The lowest BCUT2D eigenvalue weighted by atomic mass is 9.88. The van der Waals surface area contributed by atoms with E-state index in [0.29, 0.717) is 22.6 Å². The summed E-state index contributed by atoms with van der Waals surface area (Å²) in [4.78, 5) is 12.2. The first-order valence-corrected chi connectivity index (χ1v) is 11.7. The van der Waals surface area contributed by atoms with E-state index in [1.54, 1.807) is 43.3 Å². The number of fused-ring (bicyclic) bond motifs is 1. The second-order valence-electron chi connectivity index (χ2n) is 7.69. The fourth-order valence-electron chi connectivity index (χ4n) is 3.66. The molecule has 33 heavy (non-hydrogen) atoms.